The predicted molar refractivity (Wildman–Crippen MR) is 169 cm³/mol. The standard InChI is InChI=1S/C33H40N10O/c1-3-42-11-10-28(37-42)20-30-34-21-26-8-9-29-31(32(26)36-30)33(39(2)38-29)25-6-4-24(5-7-25)27-22-35-43(23-27)17-16-40-12-14-41(15-13-40)18-19-44/h4-7,10-11,21-23,44H,3,8-9,12-20H2,1-2H3. The van der Waals surface area contributed by atoms with Crippen LogP contribution >= 0.6 is 0 Å². The molecule has 228 valence electrons. The maximum atomic E-state index is 9.17. The molecule has 2 aliphatic rings. The fourth-order valence-corrected chi connectivity index (χ4v) is 6.43. The van der Waals surface area contributed by atoms with E-state index in [1.165, 1.54) is 5.56 Å². The number of aryl methyl sites for hydroxylation is 4. The molecule has 0 amide bonds. The monoisotopic (exact) mass is 592 g/mol. The van der Waals surface area contributed by atoms with Gasteiger partial charge in [-0.05, 0) is 37.0 Å². The van der Waals surface area contributed by atoms with Crippen molar-refractivity contribution < 1.29 is 5.11 Å². The van der Waals surface area contributed by atoms with Crippen LogP contribution in [0.15, 0.2) is 55.1 Å². The molecule has 1 aliphatic carbocycles. The second-order valence-electron chi connectivity index (χ2n) is 11.8. The Bertz CT molecular complexity index is 1730. The highest BCUT2D eigenvalue weighted by Crippen LogP contribution is 2.39. The second kappa shape index (κ2) is 12.4. The molecule has 44 heavy (non-hydrogen) atoms. The SMILES string of the molecule is CCn1ccc(Cc2ncc3c(n2)-c2c(nn(C)c2-c2ccc(-c4cnn(CCN5CCN(CCO)CC5)c4)cc2)CC3)n1. The van der Waals surface area contributed by atoms with Crippen LogP contribution in [0.3, 0.4) is 0 Å². The summed E-state index contributed by atoms with van der Waals surface area (Å²) in [5.74, 6) is 0.782. The third-order valence-corrected chi connectivity index (χ3v) is 8.91. The summed E-state index contributed by atoms with van der Waals surface area (Å²) in [7, 11) is 2.03. The van der Waals surface area contributed by atoms with Crippen LogP contribution in [0.1, 0.15) is 29.7 Å². The van der Waals surface area contributed by atoms with Crippen LogP contribution in [-0.2, 0) is 39.4 Å². The van der Waals surface area contributed by atoms with E-state index in [-0.39, 0.29) is 6.61 Å². The van der Waals surface area contributed by atoms with Crippen molar-refractivity contribution >= 4 is 0 Å². The van der Waals surface area contributed by atoms with Crippen LogP contribution < -0.4 is 0 Å². The smallest absolute Gasteiger partial charge is 0.134 e. The van der Waals surface area contributed by atoms with E-state index in [1.54, 1.807) is 0 Å². The van der Waals surface area contributed by atoms with Gasteiger partial charge in [0.1, 0.15) is 5.82 Å². The molecule has 4 aromatic heterocycles. The molecule has 11 nitrogen and oxygen atoms in total. The summed E-state index contributed by atoms with van der Waals surface area (Å²) in [6, 6.07) is 10.8. The third kappa shape index (κ3) is 5.82. The number of hydrogen-bond donors (Lipinski definition) is 1. The zero-order valence-electron chi connectivity index (χ0n) is 25.6. The van der Waals surface area contributed by atoms with Gasteiger partial charge in [0.05, 0.1) is 48.5 Å². The highest BCUT2D eigenvalue weighted by molar-refractivity contribution is 5.84. The molecule has 1 fully saturated rings. The fourth-order valence-electron chi connectivity index (χ4n) is 6.43. The van der Waals surface area contributed by atoms with Crippen molar-refractivity contribution in [3.05, 3.63) is 77.9 Å². The Labute approximate surface area is 257 Å². The van der Waals surface area contributed by atoms with Gasteiger partial charge in [-0.1, -0.05) is 24.3 Å². The van der Waals surface area contributed by atoms with E-state index in [4.69, 9.17) is 15.1 Å². The minimum atomic E-state index is 0.235. The van der Waals surface area contributed by atoms with E-state index in [0.717, 1.165) is 116 Å². The third-order valence-electron chi connectivity index (χ3n) is 8.91. The number of benzene rings is 1. The molecule has 1 aromatic carbocycles. The normalized spacial score (nSPS) is 15.4. The first-order chi connectivity index (χ1) is 21.6. The molecule has 5 aromatic rings. The van der Waals surface area contributed by atoms with E-state index in [2.05, 4.69) is 57.4 Å². The first-order valence-electron chi connectivity index (χ1n) is 15.7. The number of aliphatic hydroxyl groups excluding tert-OH is 1. The van der Waals surface area contributed by atoms with Gasteiger partial charge < -0.3 is 5.11 Å². The average Bonchev–Trinajstić information content (AvgIpc) is 3.79. The van der Waals surface area contributed by atoms with Crippen molar-refractivity contribution in [2.24, 2.45) is 7.05 Å². The molecule has 0 atom stereocenters. The fraction of sp³-hybridized carbons (Fsp3) is 0.424. The average molecular weight is 593 g/mol. The van der Waals surface area contributed by atoms with Gasteiger partial charge in [0.15, 0.2) is 0 Å². The number of piperazine rings is 1. The molecular formula is C33H40N10O. The number of nitrogens with zero attached hydrogens (tertiary/aromatic N) is 10. The first-order valence-corrected chi connectivity index (χ1v) is 15.7. The quantitative estimate of drug-likeness (QED) is 0.264. The van der Waals surface area contributed by atoms with E-state index in [1.807, 2.05) is 45.7 Å². The van der Waals surface area contributed by atoms with Crippen LogP contribution in [0.2, 0.25) is 0 Å². The van der Waals surface area contributed by atoms with Gasteiger partial charge in [-0.15, -0.1) is 0 Å². The molecule has 0 spiro atoms. The molecule has 0 radical (unpaired) electrons. The topological polar surface area (TPSA) is 106 Å². The lowest BCUT2D eigenvalue weighted by atomic mass is 9.91. The summed E-state index contributed by atoms with van der Waals surface area (Å²) in [4.78, 5) is 14.6. The maximum absolute atomic E-state index is 9.17. The van der Waals surface area contributed by atoms with Crippen molar-refractivity contribution in [3.8, 4) is 33.6 Å². The lowest BCUT2D eigenvalue weighted by Crippen LogP contribution is -2.47. The molecular weight excluding hydrogens is 552 g/mol. The largest absolute Gasteiger partial charge is 0.395 e. The zero-order chi connectivity index (χ0) is 30.0. The number of β-amino-alcohol motifs (C(OH)–C–C–N with tert-alkyl or cyclic N) is 1. The summed E-state index contributed by atoms with van der Waals surface area (Å²) in [6.45, 7) is 9.89. The predicted octanol–water partition coefficient (Wildman–Crippen LogP) is 2.92. The van der Waals surface area contributed by atoms with Gasteiger partial charge in [-0.25, -0.2) is 9.97 Å². The van der Waals surface area contributed by atoms with E-state index in [9.17, 15) is 5.11 Å². The van der Waals surface area contributed by atoms with Crippen LogP contribution in [-0.4, -0.2) is 100 Å². The molecule has 0 bridgehead atoms. The highest BCUT2D eigenvalue weighted by Gasteiger charge is 2.27. The Balaban J connectivity index is 1.07. The van der Waals surface area contributed by atoms with Crippen molar-refractivity contribution in [3.63, 3.8) is 0 Å². The Morgan fingerprint density at radius 1 is 0.818 bits per heavy atom. The molecule has 0 saturated carbocycles. The Morgan fingerprint density at radius 2 is 1.59 bits per heavy atom. The summed E-state index contributed by atoms with van der Waals surface area (Å²) in [6.07, 6.45) is 10.5. The Morgan fingerprint density at radius 3 is 2.34 bits per heavy atom. The number of hydrogen-bond acceptors (Lipinski definition) is 8. The van der Waals surface area contributed by atoms with Gasteiger partial charge in [0, 0.05) is 88.1 Å². The maximum Gasteiger partial charge on any atom is 0.134 e. The lowest BCUT2D eigenvalue weighted by molar-refractivity contribution is 0.109. The van der Waals surface area contributed by atoms with Crippen LogP contribution in [0, 0.1) is 0 Å². The summed E-state index contributed by atoms with van der Waals surface area (Å²) < 4.78 is 5.98. The van der Waals surface area contributed by atoms with Crippen molar-refractivity contribution in [1.29, 1.82) is 0 Å². The van der Waals surface area contributed by atoms with Crippen LogP contribution in [0.25, 0.3) is 33.6 Å². The Hall–Kier alpha value is -4.19. The van der Waals surface area contributed by atoms with E-state index < -0.39 is 0 Å². The van der Waals surface area contributed by atoms with Gasteiger partial charge >= 0.3 is 0 Å². The number of aliphatic hydroxyl groups is 1. The van der Waals surface area contributed by atoms with E-state index in [0.29, 0.717) is 6.42 Å². The molecule has 0 unspecified atom stereocenters. The number of aromatic nitrogens is 8. The van der Waals surface area contributed by atoms with Crippen molar-refractivity contribution in [2.75, 3.05) is 45.9 Å². The minimum Gasteiger partial charge on any atom is -0.395 e. The number of rotatable bonds is 10. The highest BCUT2D eigenvalue weighted by atomic mass is 16.3. The molecule has 1 N–H and O–H groups in total. The molecule has 1 saturated heterocycles. The van der Waals surface area contributed by atoms with Gasteiger partial charge in [-0.3, -0.25) is 23.8 Å². The molecule has 5 heterocycles. The van der Waals surface area contributed by atoms with Crippen LogP contribution in [0.4, 0.5) is 0 Å². The van der Waals surface area contributed by atoms with Crippen LogP contribution in [0.5, 0.6) is 0 Å². The first kappa shape index (κ1) is 28.6. The molecule has 7 rings (SSSR count). The Kier molecular flexibility index (Phi) is 8.07. The van der Waals surface area contributed by atoms with Gasteiger partial charge in [0.25, 0.3) is 0 Å². The minimum absolute atomic E-state index is 0.235. The molecule has 1 aliphatic heterocycles. The zero-order valence-corrected chi connectivity index (χ0v) is 25.6. The summed E-state index contributed by atoms with van der Waals surface area (Å²) in [5.41, 5.74) is 9.82. The molecule has 11 heteroatoms. The van der Waals surface area contributed by atoms with Crippen molar-refractivity contribution in [1.82, 2.24) is 49.1 Å². The lowest BCUT2D eigenvalue weighted by Gasteiger charge is -2.34. The summed E-state index contributed by atoms with van der Waals surface area (Å²) in [5, 5.41) is 23.4. The van der Waals surface area contributed by atoms with Crippen molar-refractivity contribution in [2.45, 2.75) is 39.3 Å². The van der Waals surface area contributed by atoms with Gasteiger partial charge in [-0.2, -0.15) is 15.3 Å². The summed E-state index contributed by atoms with van der Waals surface area (Å²) >= 11 is 0. The van der Waals surface area contributed by atoms with E-state index >= 15 is 0 Å². The number of fused-ring (bicyclic) bond motifs is 3. The second-order valence-corrected chi connectivity index (χ2v) is 11.8. The van der Waals surface area contributed by atoms with Gasteiger partial charge in [0.2, 0.25) is 0 Å².